The van der Waals surface area contributed by atoms with Gasteiger partial charge in [0.05, 0.1) is 11.5 Å². The number of anilines is 1. The van der Waals surface area contributed by atoms with Gasteiger partial charge in [-0.2, -0.15) is 13.2 Å². The van der Waals surface area contributed by atoms with Crippen molar-refractivity contribution in [2.45, 2.75) is 18.5 Å². The summed E-state index contributed by atoms with van der Waals surface area (Å²) in [5.74, 6) is -0.464. The average molecular weight is 291 g/mol. The lowest BCUT2D eigenvalue weighted by Crippen LogP contribution is -2.14. The van der Waals surface area contributed by atoms with Gasteiger partial charge in [-0.3, -0.25) is 4.79 Å². The fourth-order valence-corrected chi connectivity index (χ4v) is 2.54. The van der Waals surface area contributed by atoms with Crippen molar-refractivity contribution < 1.29 is 18.0 Å². The molecule has 1 heterocycles. The minimum atomic E-state index is -4.34. The molecule has 21 heavy (non-hydrogen) atoms. The summed E-state index contributed by atoms with van der Waals surface area (Å²) < 4.78 is 37.6. The van der Waals surface area contributed by atoms with E-state index in [0.29, 0.717) is 12.0 Å². The smallest absolute Gasteiger partial charge is 0.325 e. The van der Waals surface area contributed by atoms with Gasteiger partial charge in [-0.25, -0.2) is 0 Å². The summed E-state index contributed by atoms with van der Waals surface area (Å²) in [6.07, 6.45) is -3.95. The first-order valence-corrected chi connectivity index (χ1v) is 6.51. The van der Waals surface area contributed by atoms with Crippen LogP contribution in [0.2, 0.25) is 0 Å². The van der Waals surface area contributed by atoms with Crippen LogP contribution in [0, 0.1) is 0 Å². The first kappa shape index (κ1) is 13.7. The molecule has 0 spiro atoms. The molecule has 1 aliphatic rings. The largest absolute Gasteiger partial charge is 0.416 e. The quantitative estimate of drug-likeness (QED) is 0.890. The minimum Gasteiger partial charge on any atom is -0.325 e. The molecule has 0 fully saturated rings. The second-order valence-electron chi connectivity index (χ2n) is 5.03. The van der Waals surface area contributed by atoms with E-state index < -0.39 is 11.7 Å². The first-order valence-electron chi connectivity index (χ1n) is 6.51. The van der Waals surface area contributed by atoms with Gasteiger partial charge in [0, 0.05) is 5.69 Å². The lowest BCUT2D eigenvalue weighted by Gasteiger charge is -2.11. The fraction of sp³-hybridized carbons (Fsp3) is 0.188. The summed E-state index contributed by atoms with van der Waals surface area (Å²) in [5.41, 5.74) is 1.70. The summed E-state index contributed by atoms with van der Waals surface area (Å²) in [6, 6.07) is 12.3. The number of hydrogen-bond donors (Lipinski definition) is 1. The number of halogens is 3. The maximum absolute atomic E-state index is 12.5. The summed E-state index contributed by atoms with van der Waals surface area (Å²) in [7, 11) is 0. The normalized spacial score (nSPS) is 17.5. The van der Waals surface area contributed by atoms with Gasteiger partial charge in [-0.15, -0.1) is 0 Å². The van der Waals surface area contributed by atoms with Crippen LogP contribution in [0.3, 0.4) is 0 Å². The fourth-order valence-electron chi connectivity index (χ4n) is 2.54. The molecule has 3 rings (SSSR count). The SMILES string of the molecule is O=C1Nc2ccccc2[C@H]1Cc1ccc(C(F)(F)F)cc1. The van der Waals surface area contributed by atoms with Crippen LogP contribution in [0.1, 0.15) is 22.6 Å². The third-order valence-corrected chi connectivity index (χ3v) is 3.63. The van der Waals surface area contributed by atoms with Crippen molar-refractivity contribution in [3.63, 3.8) is 0 Å². The number of carbonyl (C=O) groups excluding carboxylic acids is 1. The number of carbonyl (C=O) groups is 1. The van der Waals surface area contributed by atoms with E-state index >= 15 is 0 Å². The van der Waals surface area contributed by atoms with Crippen molar-refractivity contribution in [2.75, 3.05) is 5.32 Å². The molecule has 5 heteroatoms. The maximum atomic E-state index is 12.5. The highest BCUT2D eigenvalue weighted by molar-refractivity contribution is 6.03. The Morgan fingerprint density at radius 3 is 2.33 bits per heavy atom. The van der Waals surface area contributed by atoms with E-state index in [-0.39, 0.29) is 11.8 Å². The zero-order chi connectivity index (χ0) is 15.0. The summed E-state index contributed by atoms with van der Waals surface area (Å²) in [4.78, 5) is 12.0. The Bertz CT molecular complexity index is 677. The molecule has 0 aromatic heterocycles. The second kappa shape index (κ2) is 4.91. The van der Waals surface area contributed by atoms with Crippen LogP contribution in [0.4, 0.5) is 18.9 Å². The van der Waals surface area contributed by atoms with Crippen molar-refractivity contribution in [1.82, 2.24) is 0 Å². The highest BCUT2D eigenvalue weighted by Gasteiger charge is 2.32. The zero-order valence-corrected chi connectivity index (χ0v) is 10.9. The molecular weight excluding hydrogens is 279 g/mol. The number of benzene rings is 2. The van der Waals surface area contributed by atoms with Crippen molar-refractivity contribution >= 4 is 11.6 Å². The van der Waals surface area contributed by atoms with Crippen molar-refractivity contribution in [2.24, 2.45) is 0 Å². The monoisotopic (exact) mass is 291 g/mol. The van der Waals surface area contributed by atoms with Crippen molar-refractivity contribution in [3.05, 3.63) is 65.2 Å². The topological polar surface area (TPSA) is 29.1 Å². The van der Waals surface area contributed by atoms with Crippen LogP contribution >= 0.6 is 0 Å². The number of fused-ring (bicyclic) bond motifs is 1. The van der Waals surface area contributed by atoms with E-state index in [2.05, 4.69) is 5.32 Å². The van der Waals surface area contributed by atoms with E-state index in [9.17, 15) is 18.0 Å². The van der Waals surface area contributed by atoms with E-state index in [1.54, 1.807) is 0 Å². The van der Waals surface area contributed by atoms with Gasteiger partial charge in [0.2, 0.25) is 5.91 Å². The van der Waals surface area contributed by atoms with Crippen LogP contribution < -0.4 is 5.32 Å². The third kappa shape index (κ3) is 2.63. The number of alkyl halides is 3. The molecule has 1 amide bonds. The van der Waals surface area contributed by atoms with Gasteiger partial charge < -0.3 is 5.32 Å². The average Bonchev–Trinajstić information content (AvgIpc) is 2.75. The highest BCUT2D eigenvalue weighted by Crippen LogP contribution is 2.35. The van der Waals surface area contributed by atoms with Crippen LogP contribution in [-0.2, 0) is 17.4 Å². The highest BCUT2D eigenvalue weighted by atomic mass is 19.4. The Hall–Kier alpha value is -2.30. The van der Waals surface area contributed by atoms with Crippen molar-refractivity contribution in [3.8, 4) is 0 Å². The Balaban J connectivity index is 1.83. The summed E-state index contributed by atoms with van der Waals surface area (Å²) in [5, 5.41) is 2.78. The van der Waals surface area contributed by atoms with Crippen LogP contribution in [0.5, 0.6) is 0 Å². The minimum absolute atomic E-state index is 0.115. The molecule has 0 saturated heterocycles. The van der Waals surface area contributed by atoms with E-state index in [0.717, 1.165) is 23.4 Å². The van der Waals surface area contributed by atoms with Crippen LogP contribution in [0.25, 0.3) is 0 Å². The van der Waals surface area contributed by atoms with Crippen molar-refractivity contribution in [1.29, 1.82) is 0 Å². The predicted molar refractivity (Wildman–Crippen MR) is 73.0 cm³/mol. The van der Waals surface area contributed by atoms with Gasteiger partial charge in [0.15, 0.2) is 0 Å². The molecule has 0 unspecified atom stereocenters. The molecule has 1 N–H and O–H groups in total. The zero-order valence-electron chi connectivity index (χ0n) is 10.9. The second-order valence-corrected chi connectivity index (χ2v) is 5.03. The van der Waals surface area contributed by atoms with E-state index in [4.69, 9.17) is 0 Å². The first-order chi connectivity index (χ1) is 9.95. The van der Waals surface area contributed by atoms with Gasteiger partial charge >= 0.3 is 6.18 Å². The lowest BCUT2D eigenvalue weighted by atomic mass is 9.93. The molecule has 108 valence electrons. The van der Waals surface area contributed by atoms with Gasteiger partial charge in [-0.05, 0) is 35.7 Å². The van der Waals surface area contributed by atoms with E-state index in [1.165, 1.54) is 12.1 Å². The molecule has 1 aliphatic heterocycles. The number of hydrogen-bond acceptors (Lipinski definition) is 1. The Morgan fingerprint density at radius 2 is 1.67 bits per heavy atom. The molecule has 2 aromatic carbocycles. The molecule has 2 nitrogen and oxygen atoms in total. The summed E-state index contributed by atoms with van der Waals surface area (Å²) >= 11 is 0. The molecule has 2 aromatic rings. The van der Waals surface area contributed by atoms with Crippen LogP contribution in [-0.4, -0.2) is 5.91 Å². The number of nitrogens with one attached hydrogen (secondary N) is 1. The third-order valence-electron chi connectivity index (χ3n) is 3.63. The lowest BCUT2D eigenvalue weighted by molar-refractivity contribution is -0.137. The molecule has 0 radical (unpaired) electrons. The Morgan fingerprint density at radius 1 is 1.00 bits per heavy atom. The maximum Gasteiger partial charge on any atom is 0.416 e. The Kier molecular flexibility index (Phi) is 3.20. The van der Waals surface area contributed by atoms with E-state index in [1.807, 2.05) is 24.3 Å². The number of para-hydroxylation sites is 1. The number of rotatable bonds is 2. The molecular formula is C16H12F3NO. The molecule has 0 bridgehead atoms. The standard InChI is InChI=1S/C16H12F3NO/c17-16(18,19)11-7-5-10(6-8-11)9-13-12-3-1-2-4-14(12)20-15(13)21/h1-8,13H,9H2,(H,20,21)/t13-/m1/s1. The molecule has 1 atom stereocenters. The molecule has 0 saturated carbocycles. The van der Waals surface area contributed by atoms with Crippen LogP contribution in [0.15, 0.2) is 48.5 Å². The number of amides is 1. The predicted octanol–water partition coefficient (Wildman–Crippen LogP) is 3.98. The van der Waals surface area contributed by atoms with Gasteiger partial charge in [0.25, 0.3) is 0 Å². The molecule has 0 aliphatic carbocycles. The summed E-state index contributed by atoms with van der Waals surface area (Å²) in [6.45, 7) is 0. The van der Waals surface area contributed by atoms with Gasteiger partial charge in [-0.1, -0.05) is 30.3 Å². The van der Waals surface area contributed by atoms with Gasteiger partial charge in [0.1, 0.15) is 0 Å². The Labute approximate surface area is 119 Å².